The van der Waals surface area contributed by atoms with Crippen molar-refractivity contribution in [1.82, 2.24) is 19.7 Å². The van der Waals surface area contributed by atoms with E-state index < -0.39 is 0 Å². The van der Waals surface area contributed by atoms with Gasteiger partial charge in [-0.1, -0.05) is 12.2 Å². The summed E-state index contributed by atoms with van der Waals surface area (Å²) in [5.74, 6) is 0. The fraction of sp³-hybridized carbons (Fsp3) is 0.222. The highest BCUT2D eigenvalue weighted by molar-refractivity contribution is 7.71. The monoisotopic (exact) mass is 206 g/mol. The van der Waals surface area contributed by atoms with Gasteiger partial charge in [0.25, 0.3) is 0 Å². The molecule has 0 spiro atoms. The summed E-state index contributed by atoms with van der Waals surface area (Å²) in [6.45, 7) is 1.96. The lowest BCUT2D eigenvalue weighted by Crippen LogP contribution is -1.86. The average Bonchev–Trinajstić information content (AvgIpc) is 2.46. The number of aromatic amines is 1. The Hall–Kier alpha value is -1.49. The van der Waals surface area contributed by atoms with Crippen molar-refractivity contribution in [1.29, 1.82) is 0 Å². The summed E-state index contributed by atoms with van der Waals surface area (Å²) in [5.41, 5.74) is 2.91. The highest BCUT2D eigenvalue weighted by atomic mass is 32.1. The maximum atomic E-state index is 5.17. The van der Waals surface area contributed by atoms with Crippen molar-refractivity contribution in [2.45, 2.75) is 6.92 Å². The Labute approximate surface area is 86.6 Å². The average molecular weight is 206 g/mol. The Bertz CT molecular complexity index is 512. The molecule has 1 N–H and O–H groups in total. The standard InChI is InChI=1S/C9H10N4S/c1-6-8(4-13(2)12-6)7-3-10-5-11-9(7)14/h3-5H,1-2H3,(H,10,11,14). The molecule has 0 aliphatic carbocycles. The van der Waals surface area contributed by atoms with Gasteiger partial charge in [0.05, 0.1) is 12.0 Å². The van der Waals surface area contributed by atoms with Gasteiger partial charge in [-0.25, -0.2) is 4.98 Å². The van der Waals surface area contributed by atoms with Gasteiger partial charge < -0.3 is 4.98 Å². The van der Waals surface area contributed by atoms with Crippen LogP contribution in [-0.4, -0.2) is 19.7 Å². The quantitative estimate of drug-likeness (QED) is 0.724. The number of nitrogens with one attached hydrogen (secondary N) is 1. The zero-order chi connectivity index (χ0) is 10.1. The minimum absolute atomic E-state index is 0.691. The second kappa shape index (κ2) is 3.34. The number of hydrogen-bond acceptors (Lipinski definition) is 3. The minimum atomic E-state index is 0.691. The van der Waals surface area contributed by atoms with Crippen LogP contribution in [0.15, 0.2) is 18.7 Å². The Balaban J connectivity index is 2.66. The lowest BCUT2D eigenvalue weighted by molar-refractivity contribution is 0.756. The molecule has 0 atom stereocenters. The third kappa shape index (κ3) is 1.46. The molecule has 0 bridgehead atoms. The molecule has 5 heteroatoms. The van der Waals surface area contributed by atoms with Crippen molar-refractivity contribution >= 4 is 12.2 Å². The van der Waals surface area contributed by atoms with Gasteiger partial charge in [-0.15, -0.1) is 0 Å². The molecule has 0 unspecified atom stereocenters. The minimum Gasteiger partial charge on any atom is -0.337 e. The number of hydrogen-bond donors (Lipinski definition) is 1. The molecule has 0 amide bonds. The van der Waals surface area contributed by atoms with Crippen molar-refractivity contribution in [3.8, 4) is 11.1 Å². The number of H-pyrrole nitrogens is 1. The first kappa shape index (κ1) is 9.08. The molecule has 0 radical (unpaired) electrons. The van der Waals surface area contributed by atoms with Gasteiger partial charge in [-0.3, -0.25) is 4.68 Å². The fourth-order valence-electron chi connectivity index (χ4n) is 1.40. The molecule has 0 aromatic carbocycles. The van der Waals surface area contributed by atoms with E-state index in [1.54, 1.807) is 17.2 Å². The van der Waals surface area contributed by atoms with Crippen molar-refractivity contribution in [2.75, 3.05) is 0 Å². The maximum Gasteiger partial charge on any atom is 0.113 e. The van der Waals surface area contributed by atoms with Gasteiger partial charge in [0.1, 0.15) is 4.64 Å². The summed E-state index contributed by atoms with van der Waals surface area (Å²) in [6, 6.07) is 0. The van der Waals surface area contributed by atoms with Crippen molar-refractivity contribution in [2.24, 2.45) is 7.05 Å². The summed E-state index contributed by atoms with van der Waals surface area (Å²) >= 11 is 5.17. The summed E-state index contributed by atoms with van der Waals surface area (Å²) in [5, 5.41) is 4.26. The van der Waals surface area contributed by atoms with Crippen LogP contribution in [0.3, 0.4) is 0 Å². The van der Waals surface area contributed by atoms with Crippen LogP contribution in [0.1, 0.15) is 5.69 Å². The van der Waals surface area contributed by atoms with E-state index in [4.69, 9.17) is 12.2 Å². The molecule has 0 aliphatic heterocycles. The SMILES string of the molecule is Cc1nn(C)cc1-c1cnc[nH]c1=S. The summed E-state index contributed by atoms with van der Waals surface area (Å²) in [7, 11) is 1.89. The largest absolute Gasteiger partial charge is 0.337 e. The van der Waals surface area contributed by atoms with Gasteiger partial charge in [0, 0.05) is 30.6 Å². The van der Waals surface area contributed by atoms with Crippen molar-refractivity contribution in [3.05, 3.63) is 29.1 Å². The summed E-state index contributed by atoms with van der Waals surface area (Å²) in [4.78, 5) is 6.91. The number of aromatic nitrogens is 4. The van der Waals surface area contributed by atoms with E-state index in [1.807, 2.05) is 20.2 Å². The zero-order valence-electron chi connectivity index (χ0n) is 7.98. The van der Waals surface area contributed by atoms with Crippen LogP contribution in [0, 0.1) is 11.6 Å². The van der Waals surface area contributed by atoms with E-state index in [9.17, 15) is 0 Å². The fourth-order valence-corrected chi connectivity index (χ4v) is 1.62. The molecule has 4 nitrogen and oxygen atoms in total. The van der Waals surface area contributed by atoms with E-state index in [2.05, 4.69) is 15.1 Å². The predicted octanol–water partition coefficient (Wildman–Crippen LogP) is 1.85. The summed E-state index contributed by atoms with van der Waals surface area (Å²) in [6.07, 6.45) is 5.27. The zero-order valence-corrected chi connectivity index (χ0v) is 8.80. The van der Waals surface area contributed by atoms with Gasteiger partial charge in [0.15, 0.2) is 0 Å². The lowest BCUT2D eigenvalue weighted by Gasteiger charge is -1.96. The maximum absolute atomic E-state index is 5.17. The first-order valence-corrected chi connectivity index (χ1v) is 4.62. The van der Waals surface area contributed by atoms with Gasteiger partial charge in [-0.2, -0.15) is 5.10 Å². The highest BCUT2D eigenvalue weighted by Gasteiger charge is 2.07. The van der Waals surface area contributed by atoms with Crippen molar-refractivity contribution < 1.29 is 0 Å². The molecule has 0 fully saturated rings. The Morgan fingerprint density at radius 3 is 2.79 bits per heavy atom. The van der Waals surface area contributed by atoms with E-state index in [0.29, 0.717) is 4.64 Å². The molecule has 0 saturated heterocycles. The smallest absolute Gasteiger partial charge is 0.113 e. The number of nitrogens with zero attached hydrogens (tertiary/aromatic N) is 3. The molecule has 0 saturated carbocycles. The van der Waals surface area contributed by atoms with Crippen LogP contribution >= 0.6 is 12.2 Å². The molecule has 0 aliphatic rings. The molecular formula is C9H10N4S. The third-order valence-corrected chi connectivity index (χ3v) is 2.36. The molecule has 2 heterocycles. The third-order valence-electron chi connectivity index (χ3n) is 2.02. The highest BCUT2D eigenvalue weighted by Crippen LogP contribution is 2.21. The summed E-state index contributed by atoms with van der Waals surface area (Å²) < 4.78 is 2.46. The van der Waals surface area contributed by atoms with Gasteiger partial charge in [0.2, 0.25) is 0 Å². The Morgan fingerprint density at radius 1 is 1.43 bits per heavy atom. The van der Waals surface area contributed by atoms with E-state index in [1.165, 1.54) is 0 Å². The molecule has 14 heavy (non-hydrogen) atoms. The first-order chi connectivity index (χ1) is 6.68. The number of rotatable bonds is 1. The van der Waals surface area contributed by atoms with E-state index in [-0.39, 0.29) is 0 Å². The molecule has 2 rings (SSSR count). The van der Waals surface area contributed by atoms with Crippen LogP contribution in [0.4, 0.5) is 0 Å². The van der Waals surface area contributed by atoms with Crippen molar-refractivity contribution in [3.63, 3.8) is 0 Å². The molecule has 72 valence electrons. The lowest BCUT2D eigenvalue weighted by atomic mass is 10.1. The second-order valence-corrected chi connectivity index (χ2v) is 3.50. The van der Waals surface area contributed by atoms with Crippen LogP contribution in [0.2, 0.25) is 0 Å². The van der Waals surface area contributed by atoms with Crippen LogP contribution < -0.4 is 0 Å². The molecule has 2 aromatic rings. The van der Waals surface area contributed by atoms with Gasteiger partial charge in [-0.05, 0) is 6.92 Å². The van der Waals surface area contributed by atoms with Gasteiger partial charge >= 0.3 is 0 Å². The normalized spacial score (nSPS) is 10.4. The Kier molecular flexibility index (Phi) is 2.17. The topological polar surface area (TPSA) is 46.5 Å². The number of aryl methyl sites for hydroxylation is 2. The van der Waals surface area contributed by atoms with E-state index >= 15 is 0 Å². The van der Waals surface area contributed by atoms with Crippen LogP contribution in [-0.2, 0) is 7.05 Å². The molecular weight excluding hydrogens is 196 g/mol. The molecule has 2 aromatic heterocycles. The van der Waals surface area contributed by atoms with Crippen LogP contribution in [0.5, 0.6) is 0 Å². The Morgan fingerprint density at radius 2 is 2.21 bits per heavy atom. The van der Waals surface area contributed by atoms with E-state index in [0.717, 1.165) is 16.8 Å². The second-order valence-electron chi connectivity index (χ2n) is 3.10. The first-order valence-electron chi connectivity index (χ1n) is 4.22. The van der Waals surface area contributed by atoms with Crippen LogP contribution in [0.25, 0.3) is 11.1 Å². The predicted molar refractivity (Wildman–Crippen MR) is 56.4 cm³/mol.